The SMILES string of the molecule is CCCCCCCCCCCCCCC/C=C/CC/C=C/CC/C=C/C(O)C(CO)NC(=O)CCCCCCCCCCCCCCCCCCCCCCCCCCCCCCCC. The molecule has 0 aliphatic heterocycles. The molecule has 0 heterocycles. The van der Waals surface area contributed by atoms with Crippen LogP contribution in [0.15, 0.2) is 36.5 Å². The van der Waals surface area contributed by atoms with Crippen molar-refractivity contribution in [3.05, 3.63) is 36.5 Å². The molecule has 0 saturated carbocycles. The zero-order valence-electron chi connectivity index (χ0n) is 44.3. The van der Waals surface area contributed by atoms with Crippen molar-refractivity contribution in [1.82, 2.24) is 5.32 Å². The van der Waals surface area contributed by atoms with Crippen LogP contribution in [0.1, 0.15) is 328 Å². The lowest BCUT2D eigenvalue weighted by molar-refractivity contribution is -0.123. The second-order valence-corrected chi connectivity index (χ2v) is 20.4. The molecule has 4 nitrogen and oxygen atoms in total. The second-order valence-electron chi connectivity index (χ2n) is 20.4. The Morgan fingerprint density at radius 1 is 0.354 bits per heavy atom. The highest BCUT2D eigenvalue weighted by Crippen LogP contribution is 2.18. The number of amides is 1. The zero-order chi connectivity index (χ0) is 47.0. The number of carbonyl (C=O) groups excluding carboxylic acids is 1. The van der Waals surface area contributed by atoms with E-state index < -0.39 is 12.1 Å². The number of hydrogen-bond acceptors (Lipinski definition) is 3. The van der Waals surface area contributed by atoms with Crippen LogP contribution in [0.2, 0.25) is 0 Å². The lowest BCUT2D eigenvalue weighted by Gasteiger charge is -2.19. The fourth-order valence-corrected chi connectivity index (χ4v) is 9.33. The van der Waals surface area contributed by atoms with Crippen molar-refractivity contribution in [2.45, 2.75) is 341 Å². The van der Waals surface area contributed by atoms with Crippen LogP contribution < -0.4 is 5.32 Å². The molecule has 1 amide bonds. The van der Waals surface area contributed by atoms with Crippen LogP contribution in [0.3, 0.4) is 0 Å². The topological polar surface area (TPSA) is 69.6 Å². The van der Waals surface area contributed by atoms with Crippen molar-refractivity contribution in [3.8, 4) is 0 Å². The highest BCUT2D eigenvalue weighted by Gasteiger charge is 2.18. The molecule has 0 fully saturated rings. The van der Waals surface area contributed by atoms with Crippen LogP contribution in [0.4, 0.5) is 0 Å². The molecule has 0 aromatic rings. The maximum absolute atomic E-state index is 12.5. The number of allylic oxidation sites excluding steroid dienone is 5. The minimum atomic E-state index is -0.869. The Balaban J connectivity index is 3.49. The molecule has 2 unspecified atom stereocenters. The molecule has 0 bridgehead atoms. The highest BCUT2D eigenvalue weighted by molar-refractivity contribution is 5.76. The van der Waals surface area contributed by atoms with E-state index in [1.165, 1.54) is 270 Å². The summed E-state index contributed by atoms with van der Waals surface area (Å²) in [5.41, 5.74) is 0. The van der Waals surface area contributed by atoms with Crippen LogP contribution in [0.25, 0.3) is 0 Å². The van der Waals surface area contributed by atoms with E-state index >= 15 is 0 Å². The Morgan fingerprint density at radius 3 is 0.892 bits per heavy atom. The van der Waals surface area contributed by atoms with E-state index in [4.69, 9.17) is 0 Å². The predicted octanol–water partition coefficient (Wildman–Crippen LogP) is 19.6. The monoisotopic (exact) mass is 912 g/mol. The fraction of sp³-hybridized carbons (Fsp3) is 0.885. The molecule has 3 N–H and O–H groups in total. The summed E-state index contributed by atoms with van der Waals surface area (Å²) < 4.78 is 0. The van der Waals surface area contributed by atoms with Crippen molar-refractivity contribution in [2.75, 3.05) is 6.61 Å². The Morgan fingerprint density at radius 2 is 0.600 bits per heavy atom. The molecule has 0 radical (unpaired) electrons. The van der Waals surface area contributed by atoms with E-state index in [0.29, 0.717) is 6.42 Å². The second kappa shape index (κ2) is 56.9. The summed E-state index contributed by atoms with van der Waals surface area (Å²) in [5, 5.41) is 23.2. The van der Waals surface area contributed by atoms with Gasteiger partial charge < -0.3 is 15.5 Å². The molecular weight excluding hydrogens is 795 g/mol. The Bertz CT molecular complexity index is 989. The van der Waals surface area contributed by atoms with E-state index in [9.17, 15) is 15.0 Å². The van der Waals surface area contributed by atoms with Crippen LogP contribution in [-0.2, 0) is 4.79 Å². The molecular formula is C61H117NO3. The van der Waals surface area contributed by atoms with Gasteiger partial charge >= 0.3 is 0 Å². The minimum absolute atomic E-state index is 0.0713. The van der Waals surface area contributed by atoms with Crippen molar-refractivity contribution in [3.63, 3.8) is 0 Å². The first-order chi connectivity index (χ1) is 32.2. The van der Waals surface area contributed by atoms with E-state index in [0.717, 1.165) is 38.5 Å². The standard InChI is InChI=1S/C61H117NO3/c1-3-5-7-9-11-13-15-17-19-21-23-25-27-28-29-30-31-32-33-35-37-39-41-43-45-47-49-51-53-55-57-61(65)62-59(58-63)60(64)56-54-52-50-48-46-44-42-40-38-36-34-26-24-22-20-18-16-14-12-10-8-6-4-2/h38,40,46,48,54,56,59-60,63-64H,3-37,39,41-45,47,49-53,55,57-58H2,1-2H3,(H,62,65)/b40-38+,48-46+,56-54+. The molecule has 65 heavy (non-hydrogen) atoms. The van der Waals surface area contributed by atoms with Crippen molar-refractivity contribution >= 4 is 5.91 Å². The molecule has 0 saturated heterocycles. The number of aliphatic hydroxyl groups is 2. The summed E-state index contributed by atoms with van der Waals surface area (Å²) >= 11 is 0. The Kier molecular flexibility index (Phi) is 55.7. The molecule has 0 aromatic heterocycles. The first kappa shape index (κ1) is 63.6. The van der Waals surface area contributed by atoms with Gasteiger partial charge in [0.1, 0.15) is 0 Å². The third-order valence-corrected chi connectivity index (χ3v) is 13.9. The summed E-state index contributed by atoms with van der Waals surface area (Å²) in [6.07, 6.45) is 77.6. The Labute approximate surface area is 408 Å². The van der Waals surface area contributed by atoms with Gasteiger partial charge in [0.05, 0.1) is 18.8 Å². The molecule has 384 valence electrons. The van der Waals surface area contributed by atoms with Gasteiger partial charge in [-0.05, 0) is 44.9 Å². The van der Waals surface area contributed by atoms with Crippen molar-refractivity contribution in [2.24, 2.45) is 0 Å². The summed E-state index contributed by atoms with van der Waals surface area (Å²) in [6.45, 7) is 4.33. The first-order valence-electron chi connectivity index (χ1n) is 29.7. The van der Waals surface area contributed by atoms with Gasteiger partial charge in [0.15, 0.2) is 0 Å². The smallest absolute Gasteiger partial charge is 0.220 e. The van der Waals surface area contributed by atoms with Crippen LogP contribution in [0, 0.1) is 0 Å². The van der Waals surface area contributed by atoms with Gasteiger partial charge in [-0.2, -0.15) is 0 Å². The lowest BCUT2D eigenvalue weighted by Crippen LogP contribution is -2.45. The number of unbranched alkanes of at least 4 members (excludes halogenated alkanes) is 44. The highest BCUT2D eigenvalue weighted by atomic mass is 16.3. The molecule has 0 rings (SSSR count). The number of carbonyl (C=O) groups is 1. The third-order valence-electron chi connectivity index (χ3n) is 13.9. The average Bonchev–Trinajstić information content (AvgIpc) is 3.31. The zero-order valence-corrected chi connectivity index (χ0v) is 44.3. The van der Waals surface area contributed by atoms with Gasteiger partial charge in [-0.25, -0.2) is 0 Å². The van der Waals surface area contributed by atoms with E-state index in [1.807, 2.05) is 6.08 Å². The predicted molar refractivity (Wildman–Crippen MR) is 290 cm³/mol. The fourth-order valence-electron chi connectivity index (χ4n) is 9.33. The van der Waals surface area contributed by atoms with Crippen LogP contribution in [-0.4, -0.2) is 34.9 Å². The van der Waals surface area contributed by atoms with Gasteiger partial charge in [0.25, 0.3) is 0 Å². The molecule has 4 heteroatoms. The summed E-state index contributed by atoms with van der Waals surface area (Å²) in [7, 11) is 0. The largest absolute Gasteiger partial charge is 0.394 e. The molecule has 0 aromatic carbocycles. The van der Waals surface area contributed by atoms with Crippen molar-refractivity contribution in [1.29, 1.82) is 0 Å². The maximum atomic E-state index is 12.5. The van der Waals surface area contributed by atoms with Crippen molar-refractivity contribution < 1.29 is 15.0 Å². The van der Waals surface area contributed by atoms with Gasteiger partial charge in [-0.15, -0.1) is 0 Å². The number of nitrogens with one attached hydrogen (secondary N) is 1. The first-order valence-corrected chi connectivity index (χ1v) is 29.7. The van der Waals surface area contributed by atoms with E-state index in [-0.39, 0.29) is 12.5 Å². The molecule has 2 atom stereocenters. The van der Waals surface area contributed by atoms with E-state index in [1.54, 1.807) is 6.08 Å². The molecule has 0 aliphatic carbocycles. The summed E-state index contributed by atoms with van der Waals surface area (Å²) in [6, 6.07) is -0.644. The summed E-state index contributed by atoms with van der Waals surface area (Å²) in [4.78, 5) is 12.5. The quantitative estimate of drug-likeness (QED) is 0.0421. The van der Waals surface area contributed by atoms with E-state index in [2.05, 4.69) is 43.5 Å². The van der Waals surface area contributed by atoms with Gasteiger partial charge in [0, 0.05) is 6.42 Å². The normalized spacial score (nSPS) is 13.0. The van der Waals surface area contributed by atoms with Crippen LogP contribution >= 0.6 is 0 Å². The van der Waals surface area contributed by atoms with Gasteiger partial charge in [0.2, 0.25) is 5.91 Å². The molecule has 0 spiro atoms. The Hall–Kier alpha value is -1.39. The average molecular weight is 913 g/mol. The van der Waals surface area contributed by atoms with Gasteiger partial charge in [-0.1, -0.05) is 314 Å². The number of rotatable bonds is 55. The lowest BCUT2D eigenvalue weighted by atomic mass is 10.0. The van der Waals surface area contributed by atoms with Crippen LogP contribution in [0.5, 0.6) is 0 Å². The number of aliphatic hydroxyl groups excluding tert-OH is 2. The summed E-state index contributed by atoms with van der Waals surface area (Å²) in [5.74, 6) is -0.0713. The molecule has 0 aliphatic rings. The maximum Gasteiger partial charge on any atom is 0.220 e. The minimum Gasteiger partial charge on any atom is -0.394 e. The number of hydrogen-bond donors (Lipinski definition) is 3. The van der Waals surface area contributed by atoms with Gasteiger partial charge in [-0.3, -0.25) is 4.79 Å². The third kappa shape index (κ3) is 53.4.